The van der Waals surface area contributed by atoms with Gasteiger partial charge in [0.05, 0.1) is 5.56 Å². The molecule has 0 aliphatic carbocycles. The number of carbonyl (C=O) groups excluding carboxylic acids is 2. The number of alkyl halides is 2. The maximum absolute atomic E-state index is 11.5. The van der Waals surface area contributed by atoms with Crippen LogP contribution in [0.5, 0.6) is 0 Å². The molecular formula is C11H12Br2NO4+. The van der Waals surface area contributed by atoms with Gasteiger partial charge in [0.25, 0.3) is 0 Å². The molecule has 0 bridgehead atoms. The molecule has 7 heteroatoms. The number of benzene rings is 1. The predicted molar refractivity (Wildman–Crippen MR) is 71.9 cm³/mol. The van der Waals surface area contributed by atoms with Crippen molar-refractivity contribution in [3.05, 3.63) is 29.8 Å². The number of ether oxygens (including phenoxy) is 2. The molecule has 0 saturated heterocycles. The number of rotatable bonds is 5. The summed E-state index contributed by atoms with van der Waals surface area (Å²) in [5.41, 5.74) is 4.97. The van der Waals surface area contributed by atoms with E-state index in [0.29, 0.717) is 5.56 Å². The molecule has 1 rings (SSSR count). The Hall–Kier alpha value is -0.920. The van der Waals surface area contributed by atoms with Gasteiger partial charge in [-0.3, -0.25) is 0 Å². The number of halogens is 2. The Bertz CT molecular complexity index is 420. The average Bonchev–Trinajstić information content (AvgIpc) is 2.34. The zero-order valence-electron chi connectivity index (χ0n) is 9.40. The first-order valence-corrected chi connectivity index (χ1v) is 6.88. The highest BCUT2D eigenvalue weighted by molar-refractivity contribution is 9.25. The fourth-order valence-corrected chi connectivity index (χ4v) is 1.33. The molecule has 3 N–H and O–H groups in total. The summed E-state index contributed by atoms with van der Waals surface area (Å²) in [6, 6.07) is 6.70. The van der Waals surface area contributed by atoms with Gasteiger partial charge in [0.2, 0.25) is 0 Å². The number of hydrogen-bond donors (Lipinski definition) is 1. The fourth-order valence-electron chi connectivity index (χ4n) is 1.06. The molecule has 18 heavy (non-hydrogen) atoms. The molecule has 0 spiro atoms. The third-order valence-corrected chi connectivity index (χ3v) is 2.68. The Labute approximate surface area is 121 Å². The first-order valence-electron chi connectivity index (χ1n) is 5.04. The van der Waals surface area contributed by atoms with Crippen LogP contribution in [0.25, 0.3) is 0 Å². The van der Waals surface area contributed by atoms with E-state index in [1.165, 1.54) is 0 Å². The molecular weight excluding hydrogens is 370 g/mol. The Balaban J connectivity index is 2.29. The minimum Gasteiger partial charge on any atom is -0.461 e. The topological polar surface area (TPSA) is 80.2 Å². The first kappa shape index (κ1) is 15.1. The van der Waals surface area contributed by atoms with Crippen LogP contribution < -0.4 is 5.73 Å². The van der Waals surface area contributed by atoms with Gasteiger partial charge in [0, 0.05) is 0 Å². The van der Waals surface area contributed by atoms with Crippen LogP contribution in [0.3, 0.4) is 0 Å². The van der Waals surface area contributed by atoms with Crippen LogP contribution in [-0.4, -0.2) is 28.9 Å². The van der Waals surface area contributed by atoms with Crippen molar-refractivity contribution in [2.45, 2.75) is 3.74 Å². The number of esters is 2. The van der Waals surface area contributed by atoms with Gasteiger partial charge in [0.15, 0.2) is 3.74 Å². The SMILES string of the molecule is [NH3+]c1ccc(C(=O)OCCOC(=O)C(Br)Br)cc1. The van der Waals surface area contributed by atoms with Gasteiger partial charge in [0.1, 0.15) is 18.9 Å². The van der Waals surface area contributed by atoms with Crippen LogP contribution in [0.2, 0.25) is 0 Å². The number of hydrogen-bond acceptors (Lipinski definition) is 4. The summed E-state index contributed by atoms with van der Waals surface area (Å²) in [5, 5.41) is 0. The molecule has 0 fully saturated rings. The van der Waals surface area contributed by atoms with Gasteiger partial charge in [-0.25, -0.2) is 9.59 Å². The summed E-state index contributed by atoms with van der Waals surface area (Å²) in [6.45, 7) is 0.0368. The number of quaternary nitrogens is 1. The smallest absolute Gasteiger partial charge is 0.338 e. The van der Waals surface area contributed by atoms with Crippen LogP contribution >= 0.6 is 31.9 Å². The molecule has 1 aromatic carbocycles. The summed E-state index contributed by atoms with van der Waals surface area (Å²) in [5.74, 6) is -0.923. The Morgan fingerprint density at radius 1 is 1.11 bits per heavy atom. The molecule has 0 aliphatic heterocycles. The van der Waals surface area contributed by atoms with E-state index in [-0.39, 0.29) is 13.2 Å². The van der Waals surface area contributed by atoms with E-state index in [4.69, 9.17) is 9.47 Å². The normalized spacial score (nSPS) is 10.2. The lowest BCUT2D eigenvalue weighted by Gasteiger charge is -2.06. The molecule has 0 aliphatic rings. The van der Waals surface area contributed by atoms with Crippen molar-refractivity contribution in [2.24, 2.45) is 0 Å². The molecule has 0 aromatic heterocycles. The van der Waals surface area contributed by atoms with Crippen LogP contribution in [-0.2, 0) is 14.3 Å². The molecule has 5 nitrogen and oxygen atoms in total. The van der Waals surface area contributed by atoms with Crippen molar-refractivity contribution < 1.29 is 24.8 Å². The standard InChI is InChI=1S/C11H11Br2NO4/c12-9(13)11(16)18-6-5-17-10(15)7-1-3-8(14)4-2-7/h1-4,9H,5-6,14H2/p+1. The number of carbonyl (C=O) groups is 2. The molecule has 1 aromatic rings. The van der Waals surface area contributed by atoms with Gasteiger partial charge in [-0.15, -0.1) is 0 Å². The van der Waals surface area contributed by atoms with E-state index in [1.807, 2.05) is 0 Å². The maximum Gasteiger partial charge on any atom is 0.338 e. The zero-order chi connectivity index (χ0) is 13.5. The van der Waals surface area contributed by atoms with E-state index in [1.54, 1.807) is 24.3 Å². The van der Waals surface area contributed by atoms with Crippen molar-refractivity contribution in [3.63, 3.8) is 0 Å². The summed E-state index contributed by atoms with van der Waals surface area (Å²) >= 11 is 5.99. The van der Waals surface area contributed by atoms with Gasteiger partial charge < -0.3 is 15.2 Å². The van der Waals surface area contributed by atoms with Gasteiger partial charge >= 0.3 is 11.9 Å². The summed E-state index contributed by atoms with van der Waals surface area (Å²) in [4.78, 5) is 22.6. The maximum atomic E-state index is 11.5. The second kappa shape index (κ2) is 7.50. The third kappa shape index (κ3) is 5.16. The highest BCUT2D eigenvalue weighted by Crippen LogP contribution is 2.09. The molecule has 0 atom stereocenters. The van der Waals surface area contributed by atoms with E-state index >= 15 is 0 Å². The highest BCUT2D eigenvalue weighted by Gasteiger charge is 2.12. The monoisotopic (exact) mass is 380 g/mol. The van der Waals surface area contributed by atoms with E-state index in [9.17, 15) is 9.59 Å². The Morgan fingerprint density at radius 3 is 2.22 bits per heavy atom. The summed E-state index contributed by atoms with van der Waals surface area (Å²) in [7, 11) is 0. The van der Waals surface area contributed by atoms with Gasteiger partial charge in [-0.1, -0.05) is 31.9 Å². The Morgan fingerprint density at radius 2 is 1.67 bits per heavy atom. The third-order valence-electron chi connectivity index (χ3n) is 1.93. The highest BCUT2D eigenvalue weighted by atomic mass is 79.9. The largest absolute Gasteiger partial charge is 0.461 e. The van der Waals surface area contributed by atoms with Crippen molar-refractivity contribution in [1.29, 1.82) is 0 Å². The lowest BCUT2D eigenvalue weighted by Crippen LogP contribution is -2.39. The minimum absolute atomic E-state index is 0.0173. The lowest BCUT2D eigenvalue weighted by molar-refractivity contribution is -0.254. The van der Waals surface area contributed by atoms with Gasteiger partial charge in [-0.2, -0.15) is 0 Å². The first-order chi connectivity index (χ1) is 8.50. The molecule has 0 radical (unpaired) electrons. The quantitative estimate of drug-likeness (QED) is 0.474. The molecule has 0 unspecified atom stereocenters. The molecule has 0 amide bonds. The Kier molecular flexibility index (Phi) is 6.31. The van der Waals surface area contributed by atoms with Crippen LogP contribution in [0, 0.1) is 0 Å². The van der Waals surface area contributed by atoms with Crippen LogP contribution in [0.4, 0.5) is 5.69 Å². The lowest BCUT2D eigenvalue weighted by atomic mass is 10.2. The van der Waals surface area contributed by atoms with Crippen LogP contribution in [0.1, 0.15) is 10.4 Å². The summed E-state index contributed by atoms with van der Waals surface area (Å²) < 4.78 is 9.17. The second-order valence-corrected chi connectivity index (χ2v) is 6.36. The molecule has 98 valence electrons. The van der Waals surface area contributed by atoms with Gasteiger partial charge in [-0.05, 0) is 24.3 Å². The minimum atomic E-state index is -0.551. The van der Waals surface area contributed by atoms with E-state index < -0.39 is 15.7 Å². The second-order valence-electron chi connectivity index (χ2n) is 3.30. The zero-order valence-corrected chi connectivity index (χ0v) is 12.6. The molecule has 0 heterocycles. The summed E-state index contributed by atoms with van der Waals surface area (Å²) in [6.07, 6.45) is 0. The van der Waals surface area contributed by atoms with Crippen molar-refractivity contribution >= 4 is 49.5 Å². The molecule has 0 saturated carbocycles. The van der Waals surface area contributed by atoms with Crippen molar-refractivity contribution in [1.82, 2.24) is 0 Å². The van der Waals surface area contributed by atoms with E-state index in [2.05, 4.69) is 37.6 Å². The van der Waals surface area contributed by atoms with Crippen molar-refractivity contribution in [3.8, 4) is 0 Å². The average molecular weight is 382 g/mol. The predicted octanol–water partition coefficient (Wildman–Crippen LogP) is 1.38. The van der Waals surface area contributed by atoms with Crippen molar-refractivity contribution in [2.75, 3.05) is 13.2 Å². The van der Waals surface area contributed by atoms with E-state index in [0.717, 1.165) is 5.69 Å². The fraction of sp³-hybridized carbons (Fsp3) is 0.273. The van der Waals surface area contributed by atoms with Crippen LogP contribution in [0.15, 0.2) is 24.3 Å².